The molecule has 3 N–H and O–H groups in total. The fourth-order valence-corrected chi connectivity index (χ4v) is 4.37. The molecule has 2 saturated carbocycles. The first-order valence-electron chi connectivity index (χ1n) is 8.63. The molecule has 0 amide bonds. The number of rotatable bonds is 5. The highest BCUT2D eigenvalue weighted by Crippen LogP contribution is 2.46. The lowest BCUT2D eigenvalue weighted by atomic mass is 9.65. The Kier molecular flexibility index (Phi) is 5.49. The molecular weight excluding hydrogens is 248 g/mol. The van der Waals surface area contributed by atoms with Crippen molar-refractivity contribution in [1.82, 2.24) is 5.43 Å². The van der Waals surface area contributed by atoms with Crippen molar-refractivity contribution in [2.75, 3.05) is 6.61 Å². The van der Waals surface area contributed by atoms with Crippen LogP contribution in [0.15, 0.2) is 0 Å². The fraction of sp³-hybridized carbons (Fsp3) is 1.00. The van der Waals surface area contributed by atoms with E-state index >= 15 is 0 Å². The quantitative estimate of drug-likeness (QED) is 0.596. The van der Waals surface area contributed by atoms with Gasteiger partial charge in [0.2, 0.25) is 0 Å². The van der Waals surface area contributed by atoms with Crippen molar-refractivity contribution in [2.24, 2.45) is 17.2 Å². The predicted octanol–water partition coefficient (Wildman–Crippen LogP) is 3.77. The minimum absolute atomic E-state index is 0.0268. The van der Waals surface area contributed by atoms with Gasteiger partial charge in [0.25, 0.3) is 0 Å². The molecule has 0 radical (unpaired) electrons. The molecule has 0 aromatic heterocycles. The highest BCUT2D eigenvalue weighted by molar-refractivity contribution is 5.01. The van der Waals surface area contributed by atoms with Crippen molar-refractivity contribution < 1.29 is 4.74 Å². The summed E-state index contributed by atoms with van der Waals surface area (Å²) in [5, 5.41) is 0. The average Bonchev–Trinajstić information content (AvgIpc) is 2.44. The van der Waals surface area contributed by atoms with Crippen molar-refractivity contribution in [3.8, 4) is 0 Å². The number of hydrogen-bond acceptors (Lipinski definition) is 3. The molecule has 1 unspecified atom stereocenters. The zero-order valence-electron chi connectivity index (χ0n) is 13.7. The van der Waals surface area contributed by atoms with Gasteiger partial charge in [0.15, 0.2) is 0 Å². The Bertz CT molecular complexity index is 287. The van der Waals surface area contributed by atoms with Crippen LogP contribution in [0.2, 0.25) is 0 Å². The van der Waals surface area contributed by atoms with Crippen molar-refractivity contribution in [2.45, 2.75) is 90.2 Å². The minimum atomic E-state index is -0.0268. The standard InChI is InChI=1S/C17H34N2O/c1-4-20-17(12-10-16(2,3)11-13-17)15(19-18)14-8-6-5-7-9-14/h14-15,19H,4-13,18H2,1-3H3. The van der Waals surface area contributed by atoms with Crippen LogP contribution in [0.25, 0.3) is 0 Å². The maximum absolute atomic E-state index is 6.33. The molecule has 20 heavy (non-hydrogen) atoms. The molecule has 0 spiro atoms. The molecule has 2 aliphatic rings. The summed E-state index contributed by atoms with van der Waals surface area (Å²) < 4.78 is 6.33. The molecule has 0 saturated heterocycles. The Balaban J connectivity index is 2.12. The molecule has 0 aromatic rings. The smallest absolute Gasteiger partial charge is 0.0851 e. The molecule has 1 atom stereocenters. The lowest BCUT2D eigenvalue weighted by molar-refractivity contribution is -0.120. The first-order valence-corrected chi connectivity index (χ1v) is 8.63. The second-order valence-corrected chi connectivity index (χ2v) is 7.70. The molecule has 3 nitrogen and oxygen atoms in total. The first-order chi connectivity index (χ1) is 9.53. The third-order valence-electron chi connectivity index (χ3n) is 5.75. The van der Waals surface area contributed by atoms with Gasteiger partial charge in [-0.05, 0) is 56.8 Å². The molecular formula is C17H34N2O. The summed E-state index contributed by atoms with van der Waals surface area (Å²) in [4.78, 5) is 0. The summed E-state index contributed by atoms with van der Waals surface area (Å²) in [5.41, 5.74) is 3.61. The molecule has 0 aliphatic heterocycles. The third-order valence-corrected chi connectivity index (χ3v) is 5.75. The summed E-state index contributed by atoms with van der Waals surface area (Å²) in [7, 11) is 0. The van der Waals surface area contributed by atoms with E-state index < -0.39 is 0 Å². The summed E-state index contributed by atoms with van der Waals surface area (Å²) in [6, 6.07) is 0.332. The van der Waals surface area contributed by atoms with Crippen LogP contribution in [0.1, 0.15) is 78.6 Å². The Morgan fingerprint density at radius 3 is 2.20 bits per heavy atom. The van der Waals surface area contributed by atoms with Gasteiger partial charge in [-0.2, -0.15) is 0 Å². The van der Waals surface area contributed by atoms with E-state index in [1.807, 2.05) is 0 Å². The molecule has 2 fully saturated rings. The van der Waals surface area contributed by atoms with E-state index in [4.69, 9.17) is 10.6 Å². The minimum Gasteiger partial charge on any atom is -0.374 e. The summed E-state index contributed by atoms with van der Waals surface area (Å²) >= 11 is 0. The number of hydrogen-bond donors (Lipinski definition) is 2. The topological polar surface area (TPSA) is 47.3 Å². The fourth-order valence-electron chi connectivity index (χ4n) is 4.37. The average molecular weight is 282 g/mol. The van der Waals surface area contributed by atoms with Crippen LogP contribution in [-0.4, -0.2) is 18.2 Å². The number of ether oxygens (including phenoxy) is 1. The largest absolute Gasteiger partial charge is 0.374 e. The monoisotopic (exact) mass is 282 g/mol. The van der Waals surface area contributed by atoms with Gasteiger partial charge in [0, 0.05) is 6.61 Å². The Hall–Kier alpha value is -0.120. The number of nitrogens with two attached hydrogens (primary N) is 1. The van der Waals surface area contributed by atoms with Crippen LogP contribution < -0.4 is 11.3 Å². The zero-order valence-corrected chi connectivity index (χ0v) is 13.7. The van der Waals surface area contributed by atoms with Crippen LogP contribution in [-0.2, 0) is 4.74 Å². The molecule has 0 bridgehead atoms. The van der Waals surface area contributed by atoms with E-state index in [-0.39, 0.29) is 5.60 Å². The Morgan fingerprint density at radius 1 is 1.10 bits per heavy atom. The summed E-state index contributed by atoms with van der Waals surface area (Å²) in [6.07, 6.45) is 11.5. The van der Waals surface area contributed by atoms with Crippen LogP contribution in [0, 0.1) is 11.3 Å². The predicted molar refractivity (Wildman–Crippen MR) is 84.3 cm³/mol. The van der Waals surface area contributed by atoms with Gasteiger partial charge in [-0.1, -0.05) is 33.1 Å². The molecule has 0 heterocycles. The van der Waals surface area contributed by atoms with Crippen molar-refractivity contribution in [3.63, 3.8) is 0 Å². The third kappa shape index (κ3) is 3.55. The highest BCUT2D eigenvalue weighted by atomic mass is 16.5. The molecule has 2 aliphatic carbocycles. The maximum atomic E-state index is 6.33. The normalized spacial score (nSPS) is 28.2. The van der Waals surface area contributed by atoms with Gasteiger partial charge >= 0.3 is 0 Å². The van der Waals surface area contributed by atoms with Crippen molar-refractivity contribution >= 4 is 0 Å². The number of hydrazine groups is 1. The van der Waals surface area contributed by atoms with Gasteiger partial charge in [-0.15, -0.1) is 0 Å². The van der Waals surface area contributed by atoms with Gasteiger partial charge < -0.3 is 4.74 Å². The van der Waals surface area contributed by atoms with Crippen LogP contribution >= 0.6 is 0 Å². The van der Waals surface area contributed by atoms with E-state index in [9.17, 15) is 0 Å². The zero-order chi connectivity index (χ0) is 14.6. The maximum Gasteiger partial charge on any atom is 0.0851 e. The highest BCUT2D eigenvalue weighted by Gasteiger charge is 2.47. The van der Waals surface area contributed by atoms with E-state index in [2.05, 4.69) is 26.2 Å². The molecule has 0 aromatic carbocycles. The lowest BCUT2D eigenvalue weighted by Crippen LogP contribution is -2.60. The molecule has 3 heteroatoms. The first kappa shape index (κ1) is 16.3. The summed E-state index contributed by atoms with van der Waals surface area (Å²) in [6.45, 7) is 7.68. The van der Waals surface area contributed by atoms with Crippen LogP contribution in [0.3, 0.4) is 0 Å². The Morgan fingerprint density at radius 2 is 1.70 bits per heavy atom. The molecule has 2 rings (SSSR count). The van der Waals surface area contributed by atoms with Crippen LogP contribution in [0.5, 0.6) is 0 Å². The van der Waals surface area contributed by atoms with Gasteiger partial charge in [-0.25, -0.2) is 0 Å². The SMILES string of the molecule is CCOC1(C(NN)C2CCCCC2)CCC(C)(C)CC1. The lowest BCUT2D eigenvalue weighted by Gasteiger charge is -2.50. The van der Waals surface area contributed by atoms with E-state index in [0.29, 0.717) is 17.4 Å². The summed E-state index contributed by atoms with van der Waals surface area (Å²) in [5.74, 6) is 6.68. The van der Waals surface area contributed by atoms with E-state index in [1.54, 1.807) is 0 Å². The number of nitrogens with one attached hydrogen (secondary N) is 1. The van der Waals surface area contributed by atoms with Gasteiger partial charge in [0.1, 0.15) is 0 Å². The van der Waals surface area contributed by atoms with Crippen molar-refractivity contribution in [1.29, 1.82) is 0 Å². The Labute approximate surface area is 125 Å². The second kappa shape index (κ2) is 6.76. The van der Waals surface area contributed by atoms with E-state index in [1.165, 1.54) is 44.9 Å². The van der Waals surface area contributed by atoms with Crippen LogP contribution in [0.4, 0.5) is 0 Å². The second-order valence-electron chi connectivity index (χ2n) is 7.70. The van der Waals surface area contributed by atoms with Gasteiger partial charge in [0.05, 0.1) is 11.6 Å². The van der Waals surface area contributed by atoms with Gasteiger partial charge in [-0.3, -0.25) is 11.3 Å². The van der Waals surface area contributed by atoms with Crippen molar-refractivity contribution in [3.05, 3.63) is 0 Å². The molecule has 118 valence electrons. The van der Waals surface area contributed by atoms with E-state index in [0.717, 1.165) is 19.4 Å².